The molecule has 0 unspecified atom stereocenters. The maximum atomic E-state index is 15.1. The quantitative estimate of drug-likeness (QED) is 0.516. The van der Waals surface area contributed by atoms with Gasteiger partial charge in [0, 0.05) is 42.5 Å². The van der Waals surface area contributed by atoms with E-state index in [0.29, 0.717) is 29.6 Å². The van der Waals surface area contributed by atoms with Crippen molar-refractivity contribution < 1.29 is 18.3 Å². The molecule has 1 aliphatic heterocycles. The minimum absolute atomic E-state index is 0.0170. The highest BCUT2D eigenvalue weighted by Gasteiger charge is 2.38. The van der Waals surface area contributed by atoms with E-state index >= 15 is 4.39 Å². The smallest absolute Gasteiger partial charge is 0.270 e. The molecule has 34 heavy (non-hydrogen) atoms. The van der Waals surface area contributed by atoms with Crippen LogP contribution in [0.25, 0.3) is 11.0 Å². The molecule has 1 aliphatic carbocycles. The van der Waals surface area contributed by atoms with Crippen LogP contribution in [0.2, 0.25) is 0 Å². The summed E-state index contributed by atoms with van der Waals surface area (Å²) in [7, 11) is 0. The number of likely N-dealkylation sites (tertiary alicyclic amines) is 1. The van der Waals surface area contributed by atoms with Crippen molar-refractivity contribution in [3.8, 4) is 5.75 Å². The number of aromatic nitrogens is 3. The molecule has 0 aromatic carbocycles. The Balaban J connectivity index is 1.23. The number of nitrogens with zero attached hydrogens (tertiary/aromatic N) is 3. The van der Waals surface area contributed by atoms with Gasteiger partial charge in [0.15, 0.2) is 11.6 Å². The van der Waals surface area contributed by atoms with Crippen LogP contribution >= 0.6 is 0 Å². The molecule has 3 aromatic heterocycles. The van der Waals surface area contributed by atoms with Crippen LogP contribution in [0.1, 0.15) is 48.3 Å². The predicted octanol–water partition coefficient (Wildman–Crippen LogP) is 2.70. The van der Waals surface area contributed by atoms with Crippen LogP contribution in [0.3, 0.4) is 0 Å². The summed E-state index contributed by atoms with van der Waals surface area (Å²) < 4.78 is 35.2. The number of hydrogen-bond acceptors (Lipinski definition) is 6. The van der Waals surface area contributed by atoms with Gasteiger partial charge in [0.1, 0.15) is 17.3 Å². The molecular formula is C24H25F2N5O3. The number of amides is 1. The first-order valence-electron chi connectivity index (χ1n) is 11.4. The van der Waals surface area contributed by atoms with E-state index in [1.165, 1.54) is 18.3 Å². The maximum Gasteiger partial charge on any atom is 0.270 e. The number of pyridine rings is 3. The fourth-order valence-electron chi connectivity index (χ4n) is 4.06. The van der Waals surface area contributed by atoms with Crippen molar-refractivity contribution in [3.05, 3.63) is 63.3 Å². The number of hydrogen-bond donors (Lipinski definition) is 2. The van der Waals surface area contributed by atoms with Gasteiger partial charge in [-0.25, -0.2) is 9.37 Å². The van der Waals surface area contributed by atoms with Gasteiger partial charge in [-0.15, -0.1) is 0 Å². The Kier molecular flexibility index (Phi) is 5.76. The average Bonchev–Trinajstić information content (AvgIpc) is 3.64. The summed E-state index contributed by atoms with van der Waals surface area (Å²) in [6.45, 7) is 4.48. The molecule has 2 fully saturated rings. The lowest BCUT2D eigenvalue weighted by Crippen LogP contribution is -2.60. The van der Waals surface area contributed by atoms with Gasteiger partial charge in [0.05, 0.1) is 5.52 Å². The number of fused-ring (bicyclic) bond motifs is 1. The predicted molar refractivity (Wildman–Crippen MR) is 121 cm³/mol. The van der Waals surface area contributed by atoms with Gasteiger partial charge < -0.3 is 15.0 Å². The number of aromatic amines is 1. The maximum absolute atomic E-state index is 15.1. The SMILES string of the molecule is CCc1cc2ncc(CN3C[C@@H](Oc4ccc(C(=O)NC5CC5)nc4F)[C@H]3C)c(F)c2[nH]c1=O. The molecule has 8 nitrogen and oxygen atoms in total. The topological polar surface area (TPSA) is 100 Å². The van der Waals surface area contributed by atoms with E-state index in [0.717, 1.165) is 12.8 Å². The Morgan fingerprint density at radius 2 is 2.09 bits per heavy atom. The van der Waals surface area contributed by atoms with E-state index in [1.54, 1.807) is 6.07 Å². The van der Waals surface area contributed by atoms with Crippen molar-refractivity contribution in [2.45, 2.75) is 57.8 Å². The zero-order valence-electron chi connectivity index (χ0n) is 18.9. The summed E-state index contributed by atoms with van der Waals surface area (Å²) in [5.74, 6) is -1.76. The fourth-order valence-corrected chi connectivity index (χ4v) is 4.06. The summed E-state index contributed by atoms with van der Waals surface area (Å²) in [4.78, 5) is 36.7. The molecule has 178 valence electrons. The summed E-state index contributed by atoms with van der Waals surface area (Å²) in [5, 5.41) is 2.77. The van der Waals surface area contributed by atoms with Crippen molar-refractivity contribution in [3.63, 3.8) is 0 Å². The van der Waals surface area contributed by atoms with Crippen LogP contribution in [-0.4, -0.2) is 50.5 Å². The number of carbonyl (C=O) groups is 1. The van der Waals surface area contributed by atoms with Crippen LogP contribution in [0, 0.1) is 11.8 Å². The largest absolute Gasteiger partial charge is 0.483 e. The van der Waals surface area contributed by atoms with E-state index in [-0.39, 0.29) is 47.3 Å². The molecule has 2 aliphatic rings. The van der Waals surface area contributed by atoms with Gasteiger partial charge in [-0.2, -0.15) is 4.39 Å². The van der Waals surface area contributed by atoms with Gasteiger partial charge in [0.2, 0.25) is 0 Å². The van der Waals surface area contributed by atoms with Crippen molar-refractivity contribution in [1.29, 1.82) is 0 Å². The van der Waals surface area contributed by atoms with Gasteiger partial charge in [-0.05, 0) is 44.4 Å². The summed E-state index contributed by atoms with van der Waals surface area (Å²) in [6, 6.07) is 4.51. The lowest BCUT2D eigenvalue weighted by molar-refractivity contribution is -0.0437. The van der Waals surface area contributed by atoms with Gasteiger partial charge in [0.25, 0.3) is 17.4 Å². The standard InChI is InChI=1S/C24H25F2N5O3/c1-3-13-8-17-21(30-23(13)32)20(25)14(9-27-17)10-31-11-19(12(31)2)34-18-7-6-16(29-22(18)26)24(33)28-15-4-5-15/h6-9,12,15,19H,3-5,10-11H2,1-2H3,(H,28,33)(H,30,32)/t12-,19-/m1/s1. The molecule has 1 saturated heterocycles. The second kappa shape index (κ2) is 8.75. The molecule has 0 spiro atoms. The van der Waals surface area contributed by atoms with E-state index < -0.39 is 17.7 Å². The van der Waals surface area contributed by atoms with Crippen molar-refractivity contribution >= 4 is 16.9 Å². The number of H-pyrrole nitrogens is 1. The Labute approximate surface area is 194 Å². The monoisotopic (exact) mass is 469 g/mol. The Morgan fingerprint density at radius 1 is 1.29 bits per heavy atom. The van der Waals surface area contributed by atoms with Crippen LogP contribution in [-0.2, 0) is 13.0 Å². The van der Waals surface area contributed by atoms with Crippen LogP contribution in [0.4, 0.5) is 8.78 Å². The summed E-state index contributed by atoms with van der Waals surface area (Å²) in [5.41, 5.74) is 1.12. The second-order valence-corrected chi connectivity index (χ2v) is 8.89. The molecule has 1 amide bonds. The second-order valence-electron chi connectivity index (χ2n) is 8.89. The highest BCUT2D eigenvalue weighted by atomic mass is 19.1. The molecule has 2 atom stereocenters. The third-order valence-electron chi connectivity index (χ3n) is 6.48. The van der Waals surface area contributed by atoms with Crippen LogP contribution in [0.5, 0.6) is 5.75 Å². The molecule has 1 saturated carbocycles. The average molecular weight is 469 g/mol. The van der Waals surface area contributed by atoms with Crippen LogP contribution < -0.4 is 15.6 Å². The van der Waals surface area contributed by atoms with Gasteiger partial charge in [-0.1, -0.05) is 6.92 Å². The third-order valence-corrected chi connectivity index (χ3v) is 6.48. The molecular weight excluding hydrogens is 444 g/mol. The zero-order chi connectivity index (χ0) is 24.0. The number of ether oxygens (including phenoxy) is 1. The first-order valence-corrected chi connectivity index (χ1v) is 11.4. The van der Waals surface area contributed by atoms with E-state index in [1.807, 2.05) is 18.7 Å². The van der Waals surface area contributed by atoms with Crippen LogP contribution in [0.15, 0.2) is 29.2 Å². The molecule has 2 N–H and O–H groups in total. The van der Waals surface area contributed by atoms with E-state index in [9.17, 15) is 14.0 Å². The third kappa shape index (κ3) is 4.25. The number of halogens is 2. The first-order chi connectivity index (χ1) is 16.3. The number of aryl methyl sites for hydroxylation is 1. The zero-order valence-corrected chi connectivity index (χ0v) is 18.9. The molecule has 3 aromatic rings. The first kappa shape index (κ1) is 22.4. The Morgan fingerprint density at radius 3 is 2.76 bits per heavy atom. The molecule has 5 rings (SSSR count). The molecule has 0 bridgehead atoms. The fraction of sp³-hybridized carbons (Fsp3) is 0.417. The molecule has 10 heteroatoms. The van der Waals surface area contributed by atoms with Gasteiger partial charge >= 0.3 is 0 Å². The normalized spacial score (nSPS) is 20.2. The highest BCUT2D eigenvalue weighted by Crippen LogP contribution is 2.28. The van der Waals surface area contributed by atoms with Crippen molar-refractivity contribution in [2.24, 2.45) is 0 Å². The molecule has 4 heterocycles. The van der Waals surface area contributed by atoms with Crippen molar-refractivity contribution in [2.75, 3.05) is 6.54 Å². The minimum Gasteiger partial charge on any atom is -0.483 e. The number of rotatable bonds is 7. The number of carbonyl (C=O) groups excluding carboxylic acids is 1. The van der Waals surface area contributed by atoms with Crippen molar-refractivity contribution in [1.82, 2.24) is 25.2 Å². The lowest BCUT2D eigenvalue weighted by Gasteiger charge is -2.45. The van der Waals surface area contributed by atoms with E-state index in [2.05, 4.69) is 20.3 Å². The highest BCUT2D eigenvalue weighted by molar-refractivity contribution is 5.92. The Bertz CT molecular complexity index is 1320. The minimum atomic E-state index is -0.839. The molecule has 0 radical (unpaired) electrons. The summed E-state index contributed by atoms with van der Waals surface area (Å²) in [6.07, 6.45) is 3.57. The summed E-state index contributed by atoms with van der Waals surface area (Å²) >= 11 is 0. The van der Waals surface area contributed by atoms with Gasteiger partial charge in [-0.3, -0.25) is 19.5 Å². The lowest BCUT2D eigenvalue weighted by atomic mass is 9.99. The van der Waals surface area contributed by atoms with E-state index in [4.69, 9.17) is 4.74 Å². The number of nitrogens with one attached hydrogen (secondary N) is 2. The Hall–Kier alpha value is -3.40.